The monoisotopic (exact) mass is 260 g/mol. The van der Waals surface area contributed by atoms with E-state index < -0.39 is 0 Å². The quantitative estimate of drug-likeness (QED) is 0.875. The molecule has 1 fully saturated rings. The summed E-state index contributed by atoms with van der Waals surface area (Å²) in [5, 5.41) is 3.25. The Labute approximate surface area is 118 Å². The number of hydrogen-bond donors (Lipinski definition) is 1. The summed E-state index contributed by atoms with van der Waals surface area (Å²) in [6.45, 7) is 8.18. The minimum Gasteiger partial charge on any atom is -0.319 e. The Kier molecular flexibility index (Phi) is 5.41. The maximum absolute atomic E-state index is 3.25. The van der Waals surface area contributed by atoms with Gasteiger partial charge in [-0.1, -0.05) is 31.2 Å². The summed E-state index contributed by atoms with van der Waals surface area (Å²) in [4.78, 5) is 2.66. The molecule has 2 heteroatoms. The summed E-state index contributed by atoms with van der Waals surface area (Å²) in [5.41, 5.74) is 3.01. The molecule has 0 amide bonds. The van der Waals surface area contributed by atoms with Crippen LogP contribution in [0.25, 0.3) is 0 Å². The van der Waals surface area contributed by atoms with E-state index in [1.807, 2.05) is 7.05 Å². The average molecular weight is 260 g/mol. The molecule has 1 N–H and O–H groups in total. The van der Waals surface area contributed by atoms with E-state index in [-0.39, 0.29) is 0 Å². The van der Waals surface area contributed by atoms with E-state index >= 15 is 0 Å². The number of likely N-dealkylation sites (tertiary alicyclic amines) is 1. The third-order valence-electron chi connectivity index (χ3n) is 4.38. The average Bonchev–Trinajstić information content (AvgIpc) is 2.42. The molecular weight excluding hydrogens is 232 g/mol. The van der Waals surface area contributed by atoms with E-state index in [2.05, 4.69) is 48.3 Å². The van der Waals surface area contributed by atoms with Gasteiger partial charge in [0.1, 0.15) is 0 Å². The van der Waals surface area contributed by atoms with Crippen molar-refractivity contribution in [1.82, 2.24) is 10.2 Å². The van der Waals surface area contributed by atoms with Crippen LogP contribution >= 0.6 is 0 Å². The maximum atomic E-state index is 3.25. The van der Waals surface area contributed by atoms with Gasteiger partial charge in [0, 0.05) is 19.1 Å². The summed E-state index contributed by atoms with van der Waals surface area (Å²) in [6, 6.07) is 9.66. The van der Waals surface area contributed by atoms with Gasteiger partial charge in [-0.2, -0.15) is 0 Å². The standard InChI is InChI=1S/C17H28N2/c1-14-8-9-15(2)19(12-14)13-17-7-5-4-6-16(17)10-11-18-3/h4-7,14-15,18H,8-13H2,1-3H3. The number of hydrogen-bond acceptors (Lipinski definition) is 2. The van der Waals surface area contributed by atoms with Gasteiger partial charge in [-0.3, -0.25) is 4.90 Å². The van der Waals surface area contributed by atoms with Crippen LogP contribution < -0.4 is 5.32 Å². The van der Waals surface area contributed by atoms with E-state index in [0.717, 1.165) is 31.5 Å². The molecule has 0 radical (unpaired) electrons. The first-order chi connectivity index (χ1) is 9.20. The molecule has 1 aliphatic rings. The number of benzene rings is 1. The third kappa shape index (κ3) is 4.05. The molecule has 2 rings (SSSR count). The predicted octanol–water partition coefficient (Wildman–Crippen LogP) is 3.07. The van der Waals surface area contributed by atoms with Crippen LogP contribution in [0.5, 0.6) is 0 Å². The second kappa shape index (κ2) is 7.06. The highest BCUT2D eigenvalue weighted by Gasteiger charge is 2.23. The topological polar surface area (TPSA) is 15.3 Å². The number of nitrogens with zero attached hydrogens (tertiary/aromatic N) is 1. The summed E-state index contributed by atoms with van der Waals surface area (Å²) in [5.74, 6) is 0.848. The lowest BCUT2D eigenvalue weighted by molar-refractivity contribution is 0.117. The molecule has 2 unspecified atom stereocenters. The second-order valence-corrected chi connectivity index (χ2v) is 6.08. The molecule has 0 aromatic heterocycles. The number of likely N-dealkylation sites (N-methyl/N-ethyl adjacent to an activating group) is 1. The highest BCUT2D eigenvalue weighted by molar-refractivity contribution is 5.27. The van der Waals surface area contributed by atoms with Crippen molar-refractivity contribution in [3.8, 4) is 0 Å². The van der Waals surface area contributed by atoms with Crippen molar-refractivity contribution in [1.29, 1.82) is 0 Å². The van der Waals surface area contributed by atoms with Gasteiger partial charge in [-0.15, -0.1) is 0 Å². The number of rotatable bonds is 5. The molecule has 1 aromatic carbocycles. The molecule has 0 aliphatic carbocycles. The maximum Gasteiger partial charge on any atom is 0.0239 e. The molecule has 1 aromatic rings. The Morgan fingerprint density at radius 1 is 1.16 bits per heavy atom. The fraction of sp³-hybridized carbons (Fsp3) is 0.647. The molecule has 0 spiro atoms. The molecular formula is C17H28N2. The van der Waals surface area contributed by atoms with Crippen molar-refractivity contribution < 1.29 is 0 Å². The van der Waals surface area contributed by atoms with Crippen molar-refractivity contribution in [2.75, 3.05) is 20.1 Å². The Morgan fingerprint density at radius 3 is 2.63 bits per heavy atom. The Bertz CT molecular complexity index is 389. The lowest BCUT2D eigenvalue weighted by Crippen LogP contribution is -2.40. The van der Waals surface area contributed by atoms with Gasteiger partial charge in [0.25, 0.3) is 0 Å². The van der Waals surface area contributed by atoms with Crippen LogP contribution in [0, 0.1) is 5.92 Å². The molecule has 2 nitrogen and oxygen atoms in total. The molecule has 1 heterocycles. The van der Waals surface area contributed by atoms with Crippen molar-refractivity contribution in [2.45, 2.75) is 45.7 Å². The Hall–Kier alpha value is -0.860. The van der Waals surface area contributed by atoms with Crippen LogP contribution in [0.1, 0.15) is 37.8 Å². The van der Waals surface area contributed by atoms with Gasteiger partial charge >= 0.3 is 0 Å². The van der Waals surface area contributed by atoms with Crippen LogP contribution in [0.2, 0.25) is 0 Å². The molecule has 106 valence electrons. The summed E-state index contributed by atoms with van der Waals surface area (Å²) in [6.07, 6.45) is 3.86. The molecule has 1 aliphatic heterocycles. The van der Waals surface area contributed by atoms with Gasteiger partial charge in [-0.05, 0) is 56.8 Å². The van der Waals surface area contributed by atoms with Crippen LogP contribution in [-0.2, 0) is 13.0 Å². The van der Waals surface area contributed by atoms with Gasteiger partial charge < -0.3 is 5.32 Å². The van der Waals surface area contributed by atoms with E-state index in [4.69, 9.17) is 0 Å². The highest BCUT2D eigenvalue weighted by Crippen LogP contribution is 2.24. The van der Waals surface area contributed by atoms with Crippen molar-refractivity contribution in [3.05, 3.63) is 35.4 Å². The fourth-order valence-electron chi connectivity index (χ4n) is 3.03. The zero-order chi connectivity index (χ0) is 13.7. The molecule has 1 saturated heterocycles. The molecule has 0 bridgehead atoms. The van der Waals surface area contributed by atoms with E-state index in [1.54, 1.807) is 0 Å². The Morgan fingerprint density at radius 2 is 1.89 bits per heavy atom. The summed E-state index contributed by atoms with van der Waals surface area (Å²) in [7, 11) is 2.02. The normalized spacial score (nSPS) is 24.6. The minimum absolute atomic E-state index is 0.730. The highest BCUT2D eigenvalue weighted by atomic mass is 15.2. The largest absolute Gasteiger partial charge is 0.319 e. The van der Waals surface area contributed by atoms with E-state index in [9.17, 15) is 0 Å². The van der Waals surface area contributed by atoms with Crippen molar-refractivity contribution >= 4 is 0 Å². The van der Waals surface area contributed by atoms with E-state index in [0.29, 0.717) is 0 Å². The van der Waals surface area contributed by atoms with Crippen LogP contribution in [-0.4, -0.2) is 31.1 Å². The first kappa shape index (κ1) is 14.5. The van der Waals surface area contributed by atoms with Crippen molar-refractivity contribution in [3.63, 3.8) is 0 Å². The zero-order valence-electron chi connectivity index (χ0n) is 12.7. The SMILES string of the molecule is CNCCc1ccccc1CN1CC(C)CCC1C. The number of piperidine rings is 1. The van der Waals surface area contributed by atoms with Crippen LogP contribution in [0.3, 0.4) is 0 Å². The molecule has 2 atom stereocenters. The smallest absolute Gasteiger partial charge is 0.0239 e. The third-order valence-corrected chi connectivity index (χ3v) is 4.38. The minimum atomic E-state index is 0.730. The first-order valence-electron chi connectivity index (χ1n) is 7.66. The fourth-order valence-corrected chi connectivity index (χ4v) is 3.03. The summed E-state index contributed by atoms with van der Waals surface area (Å²) < 4.78 is 0. The molecule has 19 heavy (non-hydrogen) atoms. The van der Waals surface area contributed by atoms with Crippen LogP contribution in [0.15, 0.2) is 24.3 Å². The molecule has 0 saturated carbocycles. The van der Waals surface area contributed by atoms with E-state index in [1.165, 1.54) is 30.5 Å². The second-order valence-electron chi connectivity index (χ2n) is 6.08. The first-order valence-corrected chi connectivity index (χ1v) is 7.66. The number of nitrogens with one attached hydrogen (secondary N) is 1. The lowest BCUT2D eigenvalue weighted by Gasteiger charge is -2.37. The predicted molar refractivity (Wildman–Crippen MR) is 82.3 cm³/mol. The van der Waals surface area contributed by atoms with Gasteiger partial charge in [0.2, 0.25) is 0 Å². The lowest BCUT2D eigenvalue weighted by atomic mass is 9.94. The van der Waals surface area contributed by atoms with Gasteiger partial charge in [0.05, 0.1) is 0 Å². The van der Waals surface area contributed by atoms with Gasteiger partial charge in [0.15, 0.2) is 0 Å². The summed E-state index contributed by atoms with van der Waals surface area (Å²) >= 11 is 0. The van der Waals surface area contributed by atoms with Crippen LogP contribution in [0.4, 0.5) is 0 Å². The zero-order valence-corrected chi connectivity index (χ0v) is 12.7. The van der Waals surface area contributed by atoms with Gasteiger partial charge in [-0.25, -0.2) is 0 Å². The van der Waals surface area contributed by atoms with Crippen molar-refractivity contribution in [2.24, 2.45) is 5.92 Å². The Balaban J connectivity index is 2.04.